The zero-order valence-corrected chi connectivity index (χ0v) is 8.28. The van der Waals surface area contributed by atoms with Gasteiger partial charge in [0.2, 0.25) is 0 Å². The summed E-state index contributed by atoms with van der Waals surface area (Å²) in [6.07, 6.45) is 1.61. The van der Waals surface area contributed by atoms with Gasteiger partial charge in [0, 0.05) is 0 Å². The van der Waals surface area contributed by atoms with Crippen LogP contribution >= 0.6 is 0 Å². The van der Waals surface area contributed by atoms with Gasteiger partial charge in [-0.3, -0.25) is 0 Å². The molecule has 0 aliphatic carbocycles. The third kappa shape index (κ3) is 2.34. The Morgan fingerprint density at radius 3 is 2.00 bits per heavy atom. The zero-order chi connectivity index (χ0) is 10.6. The van der Waals surface area contributed by atoms with Crippen molar-refractivity contribution in [2.45, 2.75) is 0 Å². The van der Waals surface area contributed by atoms with E-state index in [1.54, 1.807) is 20.3 Å². The maximum atomic E-state index is 5.40. The number of benzene rings is 1. The van der Waals surface area contributed by atoms with E-state index in [1.807, 2.05) is 18.2 Å². The van der Waals surface area contributed by atoms with Crippen LogP contribution in [0, 0.1) is 0 Å². The van der Waals surface area contributed by atoms with Crippen LogP contribution in [0.25, 0.3) is 6.08 Å². The quantitative estimate of drug-likeness (QED) is 0.659. The molecule has 0 aliphatic rings. The van der Waals surface area contributed by atoms with Crippen LogP contribution in [0.2, 0.25) is 0 Å². The van der Waals surface area contributed by atoms with Crippen molar-refractivity contribution in [3.8, 4) is 11.5 Å². The second-order valence-electron chi connectivity index (χ2n) is 2.72. The molecule has 4 heteroatoms. The number of hydrogen-bond acceptors (Lipinski definition) is 2. The second kappa shape index (κ2) is 4.80. The van der Waals surface area contributed by atoms with Gasteiger partial charge < -0.3 is 9.47 Å². The smallest absolute Gasteiger partial charge is 0.129 e. The molecule has 1 rings (SSSR count). The first-order valence-corrected chi connectivity index (χ1v) is 4.12. The maximum Gasteiger partial charge on any atom is 0.129 e. The van der Waals surface area contributed by atoms with Crippen LogP contribution in [0.15, 0.2) is 23.6 Å². The first-order valence-electron chi connectivity index (χ1n) is 4.12. The van der Waals surface area contributed by atoms with Gasteiger partial charge in [0.05, 0.1) is 35.5 Å². The number of rotatable bonds is 3. The Hall–Kier alpha value is -1.31. The van der Waals surface area contributed by atoms with Crippen molar-refractivity contribution < 1.29 is 9.47 Å². The summed E-state index contributed by atoms with van der Waals surface area (Å²) in [6.45, 7) is 0. The molecule has 0 fully saturated rings. The van der Waals surface area contributed by atoms with Crippen molar-refractivity contribution in [1.82, 2.24) is 0 Å². The summed E-state index contributed by atoms with van der Waals surface area (Å²) in [7, 11) is 14.0. The molecule has 14 heavy (non-hydrogen) atoms. The number of ether oxygens (including phenoxy) is 2. The third-order valence-corrected chi connectivity index (χ3v) is 1.78. The number of hydrogen-bond donors (Lipinski definition) is 0. The van der Waals surface area contributed by atoms with Gasteiger partial charge in [-0.25, -0.2) is 0 Å². The topological polar surface area (TPSA) is 18.5 Å². The Labute approximate surface area is 86.7 Å². The van der Waals surface area contributed by atoms with E-state index >= 15 is 0 Å². The first kappa shape index (κ1) is 10.8. The molecule has 0 aliphatic heterocycles. The molecule has 0 heterocycles. The molecule has 0 aromatic heterocycles. The maximum absolute atomic E-state index is 5.40. The fourth-order valence-corrected chi connectivity index (χ4v) is 1.19. The highest BCUT2D eigenvalue weighted by Crippen LogP contribution is 2.29. The Morgan fingerprint density at radius 1 is 1.14 bits per heavy atom. The minimum atomic E-state index is 0.216. The van der Waals surface area contributed by atoms with Crippen LogP contribution in [0.1, 0.15) is 5.56 Å². The minimum absolute atomic E-state index is 0.216. The molecule has 1 aromatic rings. The lowest BCUT2D eigenvalue weighted by molar-refractivity contribution is 0.392. The molecule has 0 amide bonds. The fraction of sp³-hybridized carbons (Fsp3) is 0.200. The monoisotopic (exact) mass is 184 g/mol. The lowest BCUT2D eigenvalue weighted by Crippen LogP contribution is -1.93. The van der Waals surface area contributed by atoms with E-state index < -0.39 is 0 Å². The first-order chi connectivity index (χ1) is 6.69. The summed E-state index contributed by atoms with van der Waals surface area (Å²) in [5, 5.41) is 0.216. The average molecular weight is 184 g/mol. The van der Waals surface area contributed by atoms with Crippen molar-refractivity contribution >= 4 is 21.8 Å². The van der Waals surface area contributed by atoms with Gasteiger partial charge in [-0.2, -0.15) is 5.37 Å². The van der Waals surface area contributed by atoms with Crippen molar-refractivity contribution in [1.29, 1.82) is 0 Å². The summed E-state index contributed by atoms with van der Waals surface area (Å²) in [6, 6.07) is 5.47. The van der Waals surface area contributed by atoms with Gasteiger partial charge in [-0.05, 0) is 12.1 Å². The van der Waals surface area contributed by atoms with Crippen LogP contribution in [0.4, 0.5) is 0 Å². The van der Waals surface area contributed by atoms with Crippen LogP contribution in [0.3, 0.4) is 0 Å². The van der Waals surface area contributed by atoms with Crippen molar-refractivity contribution in [2.75, 3.05) is 14.2 Å². The Morgan fingerprint density at radius 2 is 1.64 bits per heavy atom. The molecule has 0 bridgehead atoms. The fourth-order valence-electron chi connectivity index (χ4n) is 1.19. The van der Waals surface area contributed by atoms with Gasteiger partial charge in [0.15, 0.2) is 0 Å². The largest absolute Gasteiger partial charge is 0.496 e. The number of methoxy groups -OCH3 is 2. The van der Waals surface area contributed by atoms with Gasteiger partial charge in [0.1, 0.15) is 11.5 Å². The predicted molar refractivity (Wildman–Crippen MR) is 59.0 cm³/mol. The SMILES string of the molecule is [B]C([B])=Cc1c(OC)cccc1OC. The molecule has 0 N–H and O–H groups in total. The highest BCUT2D eigenvalue weighted by atomic mass is 16.5. The van der Waals surface area contributed by atoms with Crippen molar-refractivity contribution in [2.24, 2.45) is 0 Å². The van der Waals surface area contributed by atoms with E-state index in [2.05, 4.69) is 0 Å². The zero-order valence-electron chi connectivity index (χ0n) is 8.28. The van der Waals surface area contributed by atoms with Gasteiger partial charge in [0.25, 0.3) is 0 Å². The summed E-state index contributed by atoms with van der Waals surface area (Å²) >= 11 is 0. The van der Waals surface area contributed by atoms with Crippen LogP contribution < -0.4 is 9.47 Å². The molecule has 68 valence electrons. The summed E-state index contributed by atoms with van der Waals surface area (Å²) in [5.74, 6) is 1.36. The second-order valence-corrected chi connectivity index (χ2v) is 2.72. The lowest BCUT2D eigenvalue weighted by atomic mass is 9.77. The minimum Gasteiger partial charge on any atom is -0.496 e. The van der Waals surface area contributed by atoms with Crippen LogP contribution in [-0.2, 0) is 0 Å². The molecular weight excluding hydrogens is 174 g/mol. The summed E-state index contributed by atoms with van der Waals surface area (Å²) in [4.78, 5) is 0. The van der Waals surface area contributed by atoms with E-state index in [0.29, 0.717) is 11.5 Å². The van der Waals surface area contributed by atoms with Crippen molar-refractivity contribution in [3.05, 3.63) is 29.1 Å². The lowest BCUT2D eigenvalue weighted by Gasteiger charge is -2.10. The molecule has 0 saturated heterocycles. The normalized spacial score (nSPS) is 9.29. The Balaban J connectivity index is 3.26. The van der Waals surface area contributed by atoms with E-state index in [1.165, 1.54) is 0 Å². The molecule has 4 radical (unpaired) electrons. The molecule has 0 unspecified atom stereocenters. The molecule has 1 aromatic carbocycles. The highest BCUT2D eigenvalue weighted by Gasteiger charge is 2.05. The van der Waals surface area contributed by atoms with E-state index in [0.717, 1.165) is 5.56 Å². The molecule has 0 spiro atoms. The highest BCUT2D eigenvalue weighted by molar-refractivity contribution is 6.50. The Bertz CT molecular complexity index is 322. The average Bonchev–Trinajstić information content (AvgIpc) is 2.17. The Kier molecular flexibility index (Phi) is 3.69. The van der Waals surface area contributed by atoms with E-state index in [-0.39, 0.29) is 5.37 Å². The van der Waals surface area contributed by atoms with Crippen molar-refractivity contribution in [3.63, 3.8) is 0 Å². The predicted octanol–water partition coefficient (Wildman–Crippen LogP) is 1.34. The molecule has 2 nitrogen and oxygen atoms in total. The third-order valence-electron chi connectivity index (χ3n) is 1.78. The van der Waals surface area contributed by atoms with Crippen LogP contribution in [0.5, 0.6) is 11.5 Å². The molecule has 0 atom stereocenters. The molecular formula is C10H10B2O2. The molecule has 0 saturated carbocycles. The van der Waals surface area contributed by atoms with Gasteiger partial charge in [-0.15, -0.1) is 0 Å². The summed E-state index contributed by atoms with van der Waals surface area (Å²) in [5.41, 5.74) is 0.748. The van der Waals surface area contributed by atoms with E-state index in [9.17, 15) is 0 Å². The van der Waals surface area contributed by atoms with E-state index in [4.69, 9.17) is 25.2 Å². The van der Waals surface area contributed by atoms with Gasteiger partial charge >= 0.3 is 0 Å². The van der Waals surface area contributed by atoms with Crippen LogP contribution in [-0.4, -0.2) is 29.9 Å². The van der Waals surface area contributed by atoms with Gasteiger partial charge in [-0.1, -0.05) is 12.1 Å². The summed E-state index contributed by atoms with van der Waals surface area (Å²) < 4.78 is 10.3. The standard InChI is InChI=1S/C10H10B2O2/c1-13-8-4-3-5-9(14-2)7(8)6-10(11)12/h3-6H,1-2H3.